The molecule has 0 spiro atoms. The molecule has 2 aliphatic heterocycles. The van der Waals surface area contributed by atoms with E-state index in [-0.39, 0.29) is 5.91 Å². The molecule has 0 aliphatic carbocycles. The molecule has 112 valence electrons. The number of carbonyl (C=O) groups excluding carboxylic acids is 1. The Balaban J connectivity index is 1.65. The molecule has 1 saturated heterocycles. The van der Waals surface area contributed by atoms with Crippen LogP contribution in [0.4, 0.5) is 0 Å². The van der Waals surface area contributed by atoms with Gasteiger partial charge in [0.05, 0.1) is 26.0 Å². The SMILES string of the molecule is COc1cccc(C2=NO[C@H](C(=O)N3CCOCC3)C2)c1. The van der Waals surface area contributed by atoms with E-state index in [2.05, 4.69) is 5.16 Å². The van der Waals surface area contributed by atoms with Crippen LogP contribution in [0.5, 0.6) is 5.75 Å². The Bertz CT molecular complexity index is 552. The van der Waals surface area contributed by atoms with Crippen molar-refractivity contribution < 1.29 is 19.1 Å². The molecule has 1 fully saturated rings. The first kappa shape index (κ1) is 13.9. The van der Waals surface area contributed by atoms with Crippen LogP contribution < -0.4 is 4.74 Å². The van der Waals surface area contributed by atoms with Crippen molar-refractivity contribution in [2.75, 3.05) is 33.4 Å². The van der Waals surface area contributed by atoms with Crippen molar-refractivity contribution in [1.29, 1.82) is 0 Å². The summed E-state index contributed by atoms with van der Waals surface area (Å²) in [5.74, 6) is 0.748. The standard InChI is InChI=1S/C15H18N2O4/c1-19-12-4-2-3-11(9-12)13-10-14(21-16-13)15(18)17-5-7-20-8-6-17/h2-4,9,14H,5-8,10H2,1H3/t14-/m0/s1. The first-order valence-corrected chi connectivity index (χ1v) is 7.01. The Labute approximate surface area is 123 Å². The van der Waals surface area contributed by atoms with Gasteiger partial charge in [0.1, 0.15) is 5.75 Å². The predicted octanol–water partition coefficient (Wildman–Crippen LogP) is 1.05. The van der Waals surface area contributed by atoms with Crippen LogP contribution in [0.25, 0.3) is 0 Å². The molecule has 3 rings (SSSR count). The van der Waals surface area contributed by atoms with Gasteiger partial charge in [-0.3, -0.25) is 4.79 Å². The van der Waals surface area contributed by atoms with Crippen molar-refractivity contribution in [1.82, 2.24) is 4.90 Å². The molecule has 1 atom stereocenters. The normalized spacial score (nSPS) is 21.7. The number of morpholine rings is 1. The van der Waals surface area contributed by atoms with E-state index in [0.29, 0.717) is 32.7 Å². The summed E-state index contributed by atoms with van der Waals surface area (Å²) in [7, 11) is 1.62. The quantitative estimate of drug-likeness (QED) is 0.835. The first-order chi connectivity index (χ1) is 10.3. The van der Waals surface area contributed by atoms with Gasteiger partial charge in [-0.25, -0.2) is 0 Å². The topological polar surface area (TPSA) is 60.4 Å². The number of ether oxygens (including phenoxy) is 2. The molecule has 2 aliphatic rings. The van der Waals surface area contributed by atoms with Gasteiger partial charge in [-0.2, -0.15) is 0 Å². The smallest absolute Gasteiger partial charge is 0.267 e. The number of carbonyl (C=O) groups is 1. The molecule has 0 bridgehead atoms. The van der Waals surface area contributed by atoms with Crippen molar-refractivity contribution >= 4 is 11.6 Å². The highest BCUT2D eigenvalue weighted by molar-refractivity contribution is 6.04. The van der Waals surface area contributed by atoms with Crippen LogP contribution in [-0.2, 0) is 14.4 Å². The van der Waals surface area contributed by atoms with Crippen molar-refractivity contribution in [3.63, 3.8) is 0 Å². The second-order valence-corrected chi connectivity index (χ2v) is 5.01. The van der Waals surface area contributed by atoms with Gasteiger partial charge in [0, 0.05) is 25.1 Å². The van der Waals surface area contributed by atoms with Gasteiger partial charge in [0.2, 0.25) is 6.10 Å². The summed E-state index contributed by atoms with van der Waals surface area (Å²) in [5, 5.41) is 4.06. The van der Waals surface area contributed by atoms with Gasteiger partial charge < -0.3 is 19.2 Å². The maximum Gasteiger partial charge on any atom is 0.267 e. The molecule has 0 aromatic heterocycles. The Morgan fingerprint density at radius 1 is 1.38 bits per heavy atom. The number of rotatable bonds is 3. The molecular formula is C15H18N2O4. The molecule has 1 aromatic carbocycles. The fourth-order valence-corrected chi connectivity index (χ4v) is 2.47. The van der Waals surface area contributed by atoms with Crippen molar-refractivity contribution in [3.8, 4) is 5.75 Å². The number of benzene rings is 1. The summed E-state index contributed by atoms with van der Waals surface area (Å²) in [4.78, 5) is 19.4. The highest BCUT2D eigenvalue weighted by Gasteiger charge is 2.33. The Morgan fingerprint density at radius 2 is 2.19 bits per heavy atom. The first-order valence-electron chi connectivity index (χ1n) is 7.01. The molecule has 6 nitrogen and oxygen atoms in total. The lowest BCUT2D eigenvalue weighted by Crippen LogP contribution is -2.45. The van der Waals surface area contributed by atoms with Crippen LogP contribution >= 0.6 is 0 Å². The Kier molecular flexibility index (Phi) is 4.06. The highest BCUT2D eigenvalue weighted by atomic mass is 16.6. The number of methoxy groups -OCH3 is 1. The maximum atomic E-state index is 12.3. The fourth-order valence-electron chi connectivity index (χ4n) is 2.47. The average molecular weight is 290 g/mol. The van der Waals surface area contributed by atoms with E-state index in [0.717, 1.165) is 17.0 Å². The van der Waals surface area contributed by atoms with Gasteiger partial charge >= 0.3 is 0 Å². The van der Waals surface area contributed by atoms with Crippen LogP contribution in [0.1, 0.15) is 12.0 Å². The number of oxime groups is 1. The number of nitrogens with zero attached hydrogens (tertiary/aromatic N) is 2. The Hall–Kier alpha value is -2.08. The van der Waals surface area contributed by atoms with Crippen LogP contribution in [-0.4, -0.2) is 56.0 Å². The predicted molar refractivity (Wildman–Crippen MR) is 76.4 cm³/mol. The van der Waals surface area contributed by atoms with Crippen LogP contribution in [0.2, 0.25) is 0 Å². The zero-order valence-corrected chi connectivity index (χ0v) is 11.9. The molecule has 0 unspecified atom stereocenters. The molecule has 2 heterocycles. The minimum Gasteiger partial charge on any atom is -0.497 e. The van der Waals surface area contributed by atoms with Crippen molar-refractivity contribution in [2.24, 2.45) is 5.16 Å². The number of hydrogen-bond donors (Lipinski definition) is 0. The molecule has 0 saturated carbocycles. The molecule has 21 heavy (non-hydrogen) atoms. The van der Waals surface area contributed by atoms with Crippen LogP contribution in [0.15, 0.2) is 29.4 Å². The van der Waals surface area contributed by atoms with E-state index in [1.807, 2.05) is 24.3 Å². The van der Waals surface area contributed by atoms with Gasteiger partial charge in [0.15, 0.2) is 0 Å². The second-order valence-electron chi connectivity index (χ2n) is 5.01. The summed E-state index contributed by atoms with van der Waals surface area (Å²) >= 11 is 0. The number of amides is 1. The summed E-state index contributed by atoms with van der Waals surface area (Å²) in [6.07, 6.45) is -0.0344. The lowest BCUT2D eigenvalue weighted by molar-refractivity contribution is -0.146. The zero-order valence-electron chi connectivity index (χ0n) is 11.9. The number of hydrogen-bond acceptors (Lipinski definition) is 5. The minimum atomic E-state index is -0.524. The Morgan fingerprint density at radius 3 is 2.95 bits per heavy atom. The summed E-state index contributed by atoms with van der Waals surface area (Å²) in [6.45, 7) is 2.41. The maximum absolute atomic E-state index is 12.3. The van der Waals surface area contributed by atoms with Crippen LogP contribution in [0.3, 0.4) is 0 Å². The van der Waals surface area contributed by atoms with Crippen molar-refractivity contribution in [3.05, 3.63) is 29.8 Å². The van der Waals surface area contributed by atoms with Gasteiger partial charge in [0.25, 0.3) is 5.91 Å². The van der Waals surface area contributed by atoms with E-state index >= 15 is 0 Å². The second kappa shape index (κ2) is 6.13. The molecule has 0 N–H and O–H groups in total. The van der Waals surface area contributed by atoms with E-state index in [4.69, 9.17) is 14.3 Å². The lowest BCUT2D eigenvalue weighted by atomic mass is 10.0. The summed E-state index contributed by atoms with van der Waals surface area (Å²) < 4.78 is 10.5. The molecule has 1 aromatic rings. The average Bonchev–Trinajstić information content (AvgIpc) is 3.05. The van der Waals surface area contributed by atoms with E-state index < -0.39 is 6.10 Å². The molecule has 1 amide bonds. The van der Waals surface area contributed by atoms with Gasteiger partial charge in [-0.15, -0.1) is 0 Å². The third-order valence-corrected chi connectivity index (χ3v) is 3.67. The minimum absolute atomic E-state index is 0.0139. The largest absolute Gasteiger partial charge is 0.497 e. The van der Waals surface area contributed by atoms with Gasteiger partial charge in [-0.1, -0.05) is 17.3 Å². The molecular weight excluding hydrogens is 272 g/mol. The summed E-state index contributed by atoms with van der Waals surface area (Å²) in [5.41, 5.74) is 1.70. The third-order valence-electron chi connectivity index (χ3n) is 3.67. The highest BCUT2D eigenvalue weighted by Crippen LogP contribution is 2.21. The zero-order chi connectivity index (χ0) is 14.7. The van der Waals surface area contributed by atoms with Crippen LogP contribution in [0, 0.1) is 0 Å². The van der Waals surface area contributed by atoms with Gasteiger partial charge in [-0.05, 0) is 12.1 Å². The van der Waals surface area contributed by atoms with Crippen molar-refractivity contribution in [2.45, 2.75) is 12.5 Å². The fraction of sp³-hybridized carbons (Fsp3) is 0.467. The van der Waals surface area contributed by atoms with E-state index in [1.165, 1.54) is 0 Å². The van der Waals surface area contributed by atoms with E-state index in [9.17, 15) is 4.79 Å². The lowest BCUT2D eigenvalue weighted by Gasteiger charge is -2.28. The monoisotopic (exact) mass is 290 g/mol. The molecule has 0 radical (unpaired) electrons. The third kappa shape index (κ3) is 3.00. The van der Waals surface area contributed by atoms with E-state index in [1.54, 1.807) is 12.0 Å². The summed E-state index contributed by atoms with van der Waals surface area (Å²) in [6, 6.07) is 7.60. The molecule has 6 heteroatoms.